The first-order chi connectivity index (χ1) is 8.54. The van der Waals surface area contributed by atoms with Gasteiger partial charge in [-0.3, -0.25) is 0 Å². The monoisotopic (exact) mass is 301 g/mol. The molecule has 0 atom stereocenters. The zero-order valence-electron chi connectivity index (χ0n) is 8.84. The highest BCUT2D eigenvalue weighted by molar-refractivity contribution is 6.42. The third-order valence-electron chi connectivity index (χ3n) is 2.49. The first-order valence-electron chi connectivity index (χ1n) is 4.98. The van der Waals surface area contributed by atoms with Crippen molar-refractivity contribution in [2.45, 2.75) is 0 Å². The topological polar surface area (TPSA) is 44.5 Å². The second kappa shape index (κ2) is 4.12. The number of nitrogens with two attached hydrogens (primary N) is 1. The molecule has 3 nitrogen and oxygen atoms in total. The molecule has 0 aromatic heterocycles. The molecule has 92 valence electrons. The molecule has 0 saturated heterocycles. The van der Waals surface area contributed by atoms with Crippen molar-refractivity contribution in [2.24, 2.45) is 0 Å². The van der Waals surface area contributed by atoms with Crippen molar-refractivity contribution in [1.82, 2.24) is 0 Å². The van der Waals surface area contributed by atoms with E-state index in [2.05, 4.69) is 0 Å². The summed E-state index contributed by atoms with van der Waals surface area (Å²) in [5.41, 5.74) is 6.12. The van der Waals surface area contributed by atoms with Crippen molar-refractivity contribution in [1.29, 1.82) is 0 Å². The van der Waals surface area contributed by atoms with Crippen molar-refractivity contribution in [3.63, 3.8) is 0 Å². The summed E-state index contributed by atoms with van der Waals surface area (Å²) in [5, 5.41) is 1.19. The molecule has 2 aromatic carbocycles. The van der Waals surface area contributed by atoms with Crippen molar-refractivity contribution in [3.05, 3.63) is 39.3 Å². The van der Waals surface area contributed by atoms with Crippen LogP contribution < -0.4 is 15.2 Å². The van der Waals surface area contributed by atoms with Crippen LogP contribution in [0.3, 0.4) is 0 Å². The van der Waals surface area contributed by atoms with E-state index in [1.807, 2.05) is 0 Å². The first-order valence-corrected chi connectivity index (χ1v) is 6.12. The highest BCUT2D eigenvalue weighted by atomic mass is 35.5. The minimum absolute atomic E-state index is 0.393. The van der Waals surface area contributed by atoms with E-state index >= 15 is 0 Å². The molecule has 0 radical (unpaired) electrons. The summed E-state index contributed by atoms with van der Waals surface area (Å²) < 4.78 is 11.3. The maximum Gasteiger partial charge on any atom is 0.172 e. The van der Waals surface area contributed by atoms with Crippen LogP contribution in [0.15, 0.2) is 24.3 Å². The molecule has 3 rings (SSSR count). The van der Waals surface area contributed by atoms with Gasteiger partial charge >= 0.3 is 0 Å². The number of fused-ring (bicyclic) bond motifs is 2. The van der Waals surface area contributed by atoms with Gasteiger partial charge in [0, 0.05) is 24.3 Å². The predicted molar refractivity (Wildman–Crippen MR) is 72.5 cm³/mol. The molecule has 18 heavy (non-hydrogen) atoms. The van der Waals surface area contributed by atoms with Crippen LogP contribution in [0.25, 0.3) is 0 Å². The summed E-state index contributed by atoms with van der Waals surface area (Å²) in [6.07, 6.45) is 0. The van der Waals surface area contributed by atoms with E-state index < -0.39 is 0 Å². The molecule has 2 aromatic rings. The Hall–Kier alpha value is -1.29. The molecule has 0 spiro atoms. The smallest absolute Gasteiger partial charge is 0.172 e. The summed E-state index contributed by atoms with van der Waals surface area (Å²) in [4.78, 5) is 0. The Morgan fingerprint density at radius 2 is 1.06 bits per heavy atom. The molecule has 1 heterocycles. The molecule has 0 amide bonds. The van der Waals surface area contributed by atoms with Gasteiger partial charge in [-0.15, -0.1) is 0 Å². The van der Waals surface area contributed by atoms with Gasteiger partial charge in [0.05, 0.1) is 20.8 Å². The number of anilines is 1. The second-order valence-corrected chi connectivity index (χ2v) is 4.96. The zero-order chi connectivity index (χ0) is 12.9. The lowest BCUT2D eigenvalue weighted by atomic mass is 10.2. The van der Waals surface area contributed by atoms with Gasteiger partial charge in [-0.1, -0.05) is 34.8 Å². The van der Waals surface area contributed by atoms with Gasteiger partial charge in [-0.2, -0.15) is 0 Å². The number of ether oxygens (including phenoxy) is 2. The Kier molecular flexibility index (Phi) is 2.70. The first kappa shape index (κ1) is 11.8. The number of halogens is 3. The summed E-state index contributed by atoms with van der Waals surface area (Å²) in [6, 6.07) is 6.38. The Morgan fingerprint density at radius 3 is 1.56 bits per heavy atom. The van der Waals surface area contributed by atoms with Crippen molar-refractivity contribution >= 4 is 40.5 Å². The maximum atomic E-state index is 5.92. The van der Waals surface area contributed by atoms with Crippen LogP contribution in [0.5, 0.6) is 23.0 Å². The number of hydrogen-bond donors (Lipinski definition) is 1. The largest absolute Gasteiger partial charge is 0.449 e. The molecule has 0 fully saturated rings. The van der Waals surface area contributed by atoms with E-state index in [1.165, 1.54) is 0 Å². The summed E-state index contributed by atoms with van der Waals surface area (Å²) >= 11 is 17.8. The van der Waals surface area contributed by atoms with Crippen molar-refractivity contribution < 1.29 is 9.47 Å². The van der Waals surface area contributed by atoms with E-state index in [-0.39, 0.29) is 0 Å². The molecule has 2 N–H and O–H groups in total. The average Bonchev–Trinajstić information content (AvgIpc) is 2.31. The van der Waals surface area contributed by atoms with E-state index in [0.717, 1.165) is 0 Å². The third-order valence-corrected chi connectivity index (χ3v) is 3.54. The van der Waals surface area contributed by atoms with Crippen LogP contribution in [0.1, 0.15) is 0 Å². The van der Waals surface area contributed by atoms with Crippen LogP contribution in [0.2, 0.25) is 15.1 Å². The van der Waals surface area contributed by atoms with E-state index in [9.17, 15) is 0 Å². The van der Waals surface area contributed by atoms with Gasteiger partial charge in [0.25, 0.3) is 0 Å². The second-order valence-electron chi connectivity index (χ2n) is 3.74. The SMILES string of the molecule is Nc1cc2c(cc1Cl)Oc1cc(Cl)c(Cl)cc1O2. The minimum Gasteiger partial charge on any atom is -0.449 e. The Balaban J connectivity index is 2.12. The fourth-order valence-electron chi connectivity index (χ4n) is 1.62. The highest BCUT2D eigenvalue weighted by Crippen LogP contribution is 2.49. The number of nitrogen functional groups attached to an aromatic ring is 1. The van der Waals surface area contributed by atoms with Gasteiger partial charge in [0.2, 0.25) is 0 Å². The van der Waals surface area contributed by atoms with E-state index in [0.29, 0.717) is 43.8 Å². The molecule has 1 aliphatic heterocycles. The van der Waals surface area contributed by atoms with Gasteiger partial charge < -0.3 is 15.2 Å². The van der Waals surface area contributed by atoms with Crippen LogP contribution in [-0.2, 0) is 0 Å². The highest BCUT2D eigenvalue weighted by Gasteiger charge is 2.21. The quantitative estimate of drug-likeness (QED) is 0.586. The summed E-state index contributed by atoms with van der Waals surface area (Å²) in [5.74, 6) is 1.94. The van der Waals surface area contributed by atoms with E-state index in [1.54, 1.807) is 24.3 Å². The normalized spacial score (nSPS) is 12.2. The molecule has 0 saturated carbocycles. The van der Waals surface area contributed by atoms with Gasteiger partial charge in [-0.25, -0.2) is 0 Å². The lowest BCUT2D eigenvalue weighted by Crippen LogP contribution is -2.00. The van der Waals surface area contributed by atoms with Gasteiger partial charge in [0.15, 0.2) is 23.0 Å². The molecular weight excluding hydrogens is 296 g/mol. The fraction of sp³-hybridized carbons (Fsp3) is 0. The Morgan fingerprint density at radius 1 is 0.667 bits per heavy atom. The van der Waals surface area contributed by atoms with Crippen LogP contribution in [-0.4, -0.2) is 0 Å². The molecule has 0 aliphatic carbocycles. The average molecular weight is 303 g/mol. The van der Waals surface area contributed by atoms with Crippen molar-refractivity contribution in [3.8, 4) is 23.0 Å². The predicted octanol–water partition coefficient (Wildman–Crippen LogP) is 5.13. The molecule has 6 heteroatoms. The minimum atomic E-state index is 0.393. The molecule has 0 bridgehead atoms. The number of benzene rings is 2. The third kappa shape index (κ3) is 1.85. The number of rotatable bonds is 0. The Bertz CT molecular complexity index is 547. The van der Waals surface area contributed by atoms with Crippen molar-refractivity contribution in [2.75, 3.05) is 5.73 Å². The lowest BCUT2D eigenvalue weighted by molar-refractivity contribution is 0.360. The van der Waals surface area contributed by atoms with Crippen LogP contribution in [0, 0.1) is 0 Å². The lowest BCUT2D eigenvalue weighted by Gasteiger charge is -2.21. The standard InChI is InChI=1S/C12H6Cl3NO2/c13-5-1-9-10(2-6(5)14)18-12-4-8(16)7(15)3-11(12)17-9/h1-4H,16H2. The van der Waals surface area contributed by atoms with Gasteiger partial charge in [0.1, 0.15) is 0 Å². The Labute approximate surface area is 118 Å². The molecule has 1 aliphatic rings. The van der Waals surface area contributed by atoms with E-state index in [4.69, 9.17) is 50.0 Å². The van der Waals surface area contributed by atoms with Crippen LogP contribution in [0.4, 0.5) is 5.69 Å². The summed E-state index contributed by atoms with van der Waals surface area (Å²) in [7, 11) is 0. The van der Waals surface area contributed by atoms with Crippen LogP contribution >= 0.6 is 34.8 Å². The zero-order valence-corrected chi connectivity index (χ0v) is 11.1. The molecule has 0 unspecified atom stereocenters. The number of hydrogen-bond acceptors (Lipinski definition) is 3. The maximum absolute atomic E-state index is 5.92. The fourth-order valence-corrected chi connectivity index (χ4v) is 2.08. The summed E-state index contributed by atoms with van der Waals surface area (Å²) in [6.45, 7) is 0. The van der Waals surface area contributed by atoms with Gasteiger partial charge in [-0.05, 0) is 0 Å². The molecular formula is C12H6Cl3NO2.